The van der Waals surface area contributed by atoms with Crippen LogP contribution in [-0.4, -0.2) is 36.0 Å². The van der Waals surface area contributed by atoms with Crippen molar-refractivity contribution < 1.29 is 0 Å². The molecule has 1 aromatic carbocycles. The highest BCUT2D eigenvalue weighted by molar-refractivity contribution is 5.95. The van der Waals surface area contributed by atoms with Gasteiger partial charge in [0.1, 0.15) is 11.2 Å². The second-order valence-electron chi connectivity index (χ2n) is 6.03. The lowest BCUT2D eigenvalue weighted by Crippen LogP contribution is -2.15. The van der Waals surface area contributed by atoms with Gasteiger partial charge in [-0.05, 0) is 31.0 Å². The molecule has 4 aromatic rings. The minimum Gasteiger partial charge on any atom is -0.352 e. The van der Waals surface area contributed by atoms with Crippen LogP contribution in [0.3, 0.4) is 0 Å². The van der Waals surface area contributed by atoms with Crippen LogP contribution in [0.5, 0.6) is 0 Å². The first-order chi connectivity index (χ1) is 11.7. The summed E-state index contributed by atoms with van der Waals surface area (Å²) in [6, 6.07) is 6.46. The van der Waals surface area contributed by atoms with Crippen LogP contribution < -0.4 is 5.32 Å². The van der Waals surface area contributed by atoms with E-state index in [0.29, 0.717) is 12.0 Å². The topological polar surface area (TPSA) is 84.3 Å². The zero-order valence-electron chi connectivity index (χ0n) is 13.9. The first-order valence-electron chi connectivity index (χ1n) is 8.06. The molecule has 0 spiro atoms. The molecule has 1 unspecified atom stereocenters. The van der Waals surface area contributed by atoms with E-state index in [-0.39, 0.29) is 0 Å². The molecule has 0 aliphatic heterocycles. The predicted molar refractivity (Wildman–Crippen MR) is 94.8 cm³/mol. The van der Waals surface area contributed by atoms with Gasteiger partial charge in [-0.25, -0.2) is 9.67 Å². The van der Waals surface area contributed by atoms with E-state index >= 15 is 0 Å². The number of aryl methyl sites for hydroxylation is 1. The summed E-state index contributed by atoms with van der Waals surface area (Å²) in [4.78, 5) is 12.3. The molecule has 4 rings (SSSR count). The zero-order chi connectivity index (χ0) is 16.7. The van der Waals surface area contributed by atoms with E-state index in [2.05, 4.69) is 50.5 Å². The second-order valence-corrected chi connectivity index (χ2v) is 6.03. The van der Waals surface area contributed by atoms with E-state index in [1.807, 2.05) is 31.6 Å². The summed E-state index contributed by atoms with van der Waals surface area (Å²) < 4.78 is 1.78. The Morgan fingerprint density at radius 3 is 3.04 bits per heavy atom. The molecule has 1 atom stereocenters. The second kappa shape index (κ2) is 5.59. The van der Waals surface area contributed by atoms with Gasteiger partial charge in [-0.3, -0.25) is 0 Å². The molecule has 0 radical (unpaired) electrons. The van der Waals surface area contributed by atoms with Crippen molar-refractivity contribution in [1.29, 1.82) is 0 Å². The van der Waals surface area contributed by atoms with Gasteiger partial charge in [0, 0.05) is 36.4 Å². The van der Waals surface area contributed by atoms with Crippen LogP contribution in [0, 0.1) is 0 Å². The van der Waals surface area contributed by atoms with Crippen molar-refractivity contribution in [2.24, 2.45) is 7.05 Å². The first-order valence-corrected chi connectivity index (χ1v) is 8.06. The van der Waals surface area contributed by atoms with Crippen LogP contribution in [0.15, 0.2) is 30.6 Å². The first kappa shape index (κ1) is 14.6. The van der Waals surface area contributed by atoms with Crippen LogP contribution in [0.1, 0.15) is 20.3 Å². The van der Waals surface area contributed by atoms with Crippen LogP contribution in [-0.2, 0) is 7.05 Å². The summed E-state index contributed by atoms with van der Waals surface area (Å²) in [5.41, 5.74) is 4.87. The van der Waals surface area contributed by atoms with Gasteiger partial charge in [-0.15, -0.1) is 5.10 Å². The number of aromatic nitrogens is 6. The van der Waals surface area contributed by atoms with Gasteiger partial charge in [0.05, 0.1) is 5.52 Å². The maximum Gasteiger partial charge on any atom is 0.224 e. The average molecular weight is 321 g/mol. The van der Waals surface area contributed by atoms with Gasteiger partial charge in [0.25, 0.3) is 0 Å². The summed E-state index contributed by atoms with van der Waals surface area (Å²) in [6.45, 7) is 4.25. The highest BCUT2D eigenvalue weighted by Gasteiger charge is 2.11. The number of benzene rings is 1. The molecule has 7 heteroatoms. The molecule has 122 valence electrons. The Hall–Kier alpha value is -2.96. The van der Waals surface area contributed by atoms with Crippen molar-refractivity contribution in [3.05, 3.63) is 30.6 Å². The molecular formula is C17H19N7. The molecule has 0 aliphatic rings. The maximum absolute atomic E-state index is 4.57. The summed E-state index contributed by atoms with van der Waals surface area (Å²) in [5.74, 6) is 0.650. The lowest BCUT2D eigenvalue weighted by Gasteiger charge is -2.10. The number of fused-ring (bicyclic) bond motifs is 2. The minimum absolute atomic E-state index is 0.344. The van der Waals surface area contributed by atoms with E-state index in [0.717, 1.165) is 39.6 Å². The molecule has 0 bridgehead atoms. The van der Waals surface area contributed by atoms with Gasteiger partial charge < -0.3 is 10.3 Å². The third kappa shape index (κ3) is 2.38. The Kier molecular flexibility index (Phi) is 3.41. The van der Waals surface area contributed by atoms with Crippen LogP contribution in [0.4, 0.5) is 5.95 Å². The Morgan fingerprint density at radius 2 is 2.21 bits per heavy atom. The molecule has 0 saturated heterocycles. The fourth-order valence-corrected chi connectivity index (χ4v) is 2.74. The van der Waals surface area contributed by atoms with E-state index in [4.69, 9.17) is 0 Å². The van der Waals surface area contributed by atoms with Crippen LogP contribution in [0.2, 0.25) is 0 Å². The number of nitrogens with zero attached hydrogens (tertiary/aromatic N) is 5. The number of hydrogen-bond donors (Lipinski definition) is 2. The lowest BCUT2D eigenvalue weighted by atomic mass is 10.1. The molecular weight excluding hydrogens is 302 g/mol. The van der Waals surface area contributed by atoms with Crippen molar-refractivity contribution >= 4 is 28.0 Å². The Morgan fingerprint density at radius 1 is 1.33 bits per heavy atom. The fourth-order valence-electron chi connectivity index (χ4n) is 2.74. The summed E-state index contributed by atoms with van der Waals surface area (Å²) in [7, 11) is 1.89. The number of H-pyrrole nitrogens is 1. The number of nitrogens with one attached hydrogen (secondary N) is 2. The zero-order valence-corrected chi connectivity index (χ0v) is 13.9. The fraction of sp³-hybridized carbons (Fsp3) is 0.294. The number of rotatable bonds is 4. The van der Waals surface area contributed by atoms with Crippen LogP contribution >= 0.6 is 0 Å². The average Bonchev–Trinajstić information content (AvgIpc) is 3.18. The SMILES string of the molecule is CCC(C)Nc1ncc2c(-c3ccc4nnn(C)c4c3)c[nH]c2n1. The van der Waals surface area contributed by atoms with Gasteiger partial charge in [0.2, 0.25) is 5.95 Å². The number of aromatic amines is 1. The lowest BCUT2D eigenvalue weighted by molar-refractivity contribution is 0.736. The van der Waals surface area contributed by atoms with Crippen molar-refractivity contribution in [3.8, 4) is 11.1 Å². The van der Waals surface area contributed by atoms with E-state index in [1.54, 1.807) is 4.68 Å². The van der Waals surface area contributed by atoms with Crippen molar-refractivity contribution in [3.63, 3.8) is 0 Å². The standard InChI is InChI=1S/C17H19N7/c1-4-10(2)20-17-19-9-13-12(8-18-16(13)21-17)11-5-6-14-15(7-11)24(3)23-22-14/h5-10H,4H2,1-3H3,(H2,18,19,20,21). The maximum atomic E-state index is 4.57. The van der Waals surface area contributed by atoms with Crippen LogP contribution in [0.25, 0.3) is 33.2 Å². The molecule has 0 amide bonds. The Labute approximate surface area is 139 Å². The molecule has 0 saturated carbocycles. The number of hydrogen-bond acceptors (Lipinski definition) is 5. The highest BCUT2D eigenvalue weighted by atomic mass is 15.4. The molecule has 0 fully saturated rings. The third-order valence-corrected chi connectivity index (χ3v) is 4.34. The third-order valence-electron chi connectivity index (χ3n) is 4.34. The Bertz CT molecular complexity index is 1010. The molecule has 7 nitrogen and oxygen atoms in total. The Balaban J connectivity index is 1.77. The smallest absolute Gasteiger partial charge is 0.224 e. The summed E-state index contributed by atoms with van der Waals surface area (Å²) in [6.07, 6.45) is 4.86. The minimum atomic E-state index is 0.344. The normalized spacial score (nSPS) is 12.8. The van der Waals surface area contributed by atoms with Gasteiger partial charge in [0.15, 0.2) is 0 Å². The summed E-state index contributed by atoms with van der Waals surface area (Å²) in [5, 5.41) is 12.5. The molecule has 24 heavy (non-hydrogen) atoms. The molecule has 3 heterocycles. The number of anilines is 1. The highest BCUT2D eigenvalue weighted by Crippen LogP contribution is 2.29. The van der Waals surface area contributed by atoms with Crippen molar-refractivity contribution in [1.82, 2.24) is 29.9 Å². The largest absolute Gasteiger partial charge is 0.352 e. The summed E-state index contributed by atoms with van der Waals surface area (Å²) >= 11 is 0. The predicted octanol–water partition coefficient (Wildman–Crippen LogP) is 3.12. The molecule has 0 aliphatic carbocycles. The van der Waals surface area contributed by atoms with Gasteiger partial charge in [-0.2, -0.15) is 4.98 Å². The van der Waals surface area contributed by atoms with Gasteiger partial charge in [-0.1, -0.05) is 18.2 Å². The van der Waals surface area contributed by atoms with Crippen molar-refractivity contribution in [2.45, 2.75) is 26.3 Å². The molecule has 3 aromatic heterocycles. The van der Waals surface area contributed by atoms with Crippen molar-refractivity contribution in [2.75, 3.05) is 5.32 Å². The van der Waals surface area contributed by atoms with Gasteiger partial charge >= 0.3 is 0 Å². The van der Waals surface area contributed by atoms with E-state index in [9.17, 15) is 0 Å². The monoisotopic (exact) mass is 321 g/mol. The van der Waals surface area contributed by atoms with E-state index in [1.165, 1.54) is 0 Å². The molecule has 2 N–H and O–H groups in total. The quantitative estimate of drug-likeness (QED) is 0.603. The van der Waals surface area contributed by atoms with E-state index < -0.39 is 0 Å².